The average Bonchev–Trinajstić information content (AvgIpc) is 3.35. The van der Waals surface area contributed by atoms with Crippen molar-refractivity contribution in [3.63, 3.8) is 0 Å². The van der Waals surface area contributed by atoms with E-state index in [0.717, 1.165) is 22.1 Å². The molecule has 160 valence electrons. The summed E-state index contributed by atoms with van der Waals surface area (Å²) in [6, 6.07) is 7.34. The van der Waals surface area contributed by atoms with E-state index in [2.05, 4.69) is 10.3 Å². The van der Waals surface area contributed by atoms with Crippen molar-refractivity contribution in [1.82, 2.24) is 14.9 Å². The summed E-state index contributed by atoms with van der Waals surface area (Å²) in [5.41, 5.74) is 3.40. The molecule has 0 saturated heterocycles. The number of methoxy groups -OCH3 is 2. The Bertz CT molecular complexity index is 998. The topological polar surface area (TPSA) is 74.6 Å². The van der Waals surface area contributed by atoms with E-state index in [-0.39, 0.29) is 11.9 Å². The van der Waals surface area contributed by atoms with Gasteiger partial charge in [0.05, 0.1) is 25.3 Å². The lowest BCUT2D eigenvalue weighted by atomic mass is 10.1. The highest BCUT2D eigenvalue weighted by Crippen LogP contribution is 2.30. The summed E-state index contributed by atoms with van der Waals surface area (Å²) in [4.78, 5) is 17.3. The first-order valence-electron chi connectivity index (χ1n) is 9.65. The number of aromatic nitrogens is 2. The van der Waals surface area contributed by atoms with Crippen LogP contribution < -0.4 is 14.8 Å². The van der Waals surface area contributed by atoms with Gasteiger partial charge in [-0.15, -0.1) is 11.3 Å². The van der Waals surface area contributed by atoms with Crippen LogP contribution >= 0.6 is 11.3 Å². The molecule has 0 radical (unpaired) electrons. The molecule has 0 aliphatic heterocycles. The molecule has 3 aromatic rings. The van der Waals surface area contributed by atoms with Gasteiger partial charge >= 0.3 is 0 Å². The number of amides is 1. The van der Waals surface area contributed by atoms with Crippen LogP contribution in [-0.2, 0) is 4.74 Å². The van der Waals surface area contributed by atoms with E-state index in [4.69, 9.17) is 14.2 Å². The molecule has 2 aromatic heterocycles. The number of aryl methyl sites for hydroxylation is 1. The third-order valence-corrected chi connectivity index (χ3v) is 5.62. The van der Waals surface area contributed by atoms with Gasteiger partial charge in [0.15, 0.2) is 16.6 Å². The highest BCUT2D eigenvalue weighted by molar-refractivity contribution is 7.12. The zero-order valence-corrected chi connectivity index (χ0v) is 18.7. The first-order valence-corrected chi connectivity index (χ1v) is 10.5. The molecule has 7 nitrogen and oxygen atoms in total. The van der Waals surface area contributed by atoms with Gasteiger partial charge in [0, 0.05) is 30.1 Å². The van der Waals surface area contributed by atoms with Crippen LogP contribution in [0.3, 0.4) is 0 Å². The number of ether oxygens (including phenoxy) is 3. The molecule has 1 aromatic carbocycles. The molecule has 2 heterocycles. The maximum atomic E-state index is 13.0. The Morgan fingerprint density at radius 2 is 2.00 bits per heavy atom. The normalized spacial score (nSPS) is 11.9. The minimum Gasteiger partial charge on any atom is -0.493 e. The number of nitrogens with zero attached hydrogens (tertiary/aromatic N) is 2. The van der Waals surface area contributed by atoms with Crippen molar-refractivity contribution in [1.29, 1.82) is 0 Å². The Morgan fingerprint density at radius 3 is 2.67 bits per heavy atom. The second-order valence-corrected chi connectivity index (χ2v) is 7.75. The quantitative estimate of drug-likeness (QED) is 0.519. The monoisotopic (exact) mass is 429 g/mol. The molecule has 3 rings (SSSR count). The highest BCUT2D eigenvalue weighted by Gasteiger charge is 2.20. The van der Waals surface area contributed by atoms with Gasteiger partial charge in [0.1, 0.15) is 6.61 Å². The van der Waals surface area contributed by atoms with Crippen molar-refractivity contribution in [2.45, 2.75) is 26.8 Å². The Morgan fingerprint density at radius 1 is 1.20 bits per heavy atom. The minimum atomic E-state index is -0.206. The highest BCUT2D eigenvalue weighted by atomic mass is 32.1. The number of thiazole rings is 1. The molecule has 1 atom stereocenters. The van der Waals surface area contributed by atoms with Crippen molar-refractivity contribution in [3.05, 3.63) is 58.4 Å². The average molecular weight is 430 g/mol. The van der Waals surface area contributed by atoms with Crippen LogP contribution in [0.1, 0.15) is 40.3 Å². The summed E-state index contributed by atoms with van der Waals surface area (Å²) >= 11 is 1.54. The first-order chi connectivity index (χ1) is 14.5. The largest absolute Gasteiger partial charge is 0.493 e. The molecule has 0 saturated carbocycles. The number of nitrogens with one attached hydrogen (secondary N) is 1. The van der Waals surface area contributed by atoms with E-state index < -0.39 is 0 Å². The van der Waals surface area contributed by atoms with E-state index in [1.807, 2.05) is 55.0 Å². The van der Waals surface area contributed by atoms with Gasteiger partial charge in [-0.05, 0) is 44.5 Å². The number of carbonyl (C=O) groups excluding carboxylic acids is 1. The molecule has 1 amide bonds. The van der Waals surface area contributed by atoms with Gasteiger partial charge in [-0.3, -0.25) is 9.36 Å². The Labute approximate surface area is 180 Å². The fourth-order valence-electron chi connectivity index (χ4n) is 3.28. The molecule has 0 fully saturated rings. The number of benzene rings is 1. The summed E-state index contributed by atoms with van der Waals surface area (Å²) in [5.74, 6) is 1.13. The van der Waals surface area contributed by atoms with Crippen molar-refractivity contribution in [2.24, 2.45) is 0 Å². The molecule has 1 N–H and O–H groups in total. The van der Waals surface area contributed by atoms with Crippen molar-refractivity contribution in [2.75, 3.05) is 27.4 Å². The second kappa shape index (κ2) is 9.77. The molecule has 8 heteroatoms. The van der Waals surface area contributed by atoms with E-state index in [1.165, 1.54) is 11.3 Å². The number of hydrogen-bond donors (Lipinski definition) is 1. The van der Waals surface area contributed by atoms with Crippen LogP contribution in [0, 0.1) is 13.8 Å². The smallest absolute Gasteiger partial charge is 0.253 e. The van der Waals surface area contributed by atoms with Crippen LogP contribution in [0.15, 0.2) is 35.8 Å². The lowest BCUT2D eigenvalue weighted by Gasteiger charge is -2.17. The summed E-state index contributed by atoms with van der Waals surface area (Å²) in [6.07, 6.45) is 1.76. The zero-order chi connectivity index (χ0) is 21.7. The Kier molecular flexibility index (Phi) is 7.12. The summed E-state index contributed by atoms with van der Waals surface area (Å²) in [7, 11) is 3.22. The van der Waals surface area contributed by atoms with Crippen molar-refractivity contribution in [3.8, 4) is 16.6 Å². The fourth-order valence-corrected chi connectivity index (χ4v) is 4.03. The van der Waals surface area contributed by atoms with Gasteiger partial charge < -0.3 is 19.5 Å². The van der Waals surface area contributed by atoms with Gasteiger partial charge in [-0.25, -0.2) is 4.98 Å². The van der Waals surface area contributed by atoms with Crippen LogP contribution in [0.5, 0.6) is 11.5 Å². The molecule has 0 aliphatic rings. The standard InChI is InChI=1S/C22H27N3O4S/c1-14-12-18(16(3)25(14)22-23-8-11-30-22)21(26)24-15(2)17-6-7-19(20(13-17)28-5)29-10-9-27-4/h6-8,11-13,15H,9-10H2,1-5H3,(H,24,26). The van der Waals surface area contributed by atoms with E-state index >= 15 is 0 Å². The summed E-state index contributed by atoms with van der Waals surface area (Å²) < 4.78 is 18.1. The molecule has 30 heavy (non-hydrogen) atoms. The number of rotatable bonds is 9. The second-order valence-electron chi connectivity index (χ2n) is 6.88. The molecular weight excluding hydrogens is 402 g/mol. The van der Waals surface area contributed by atoms with Crippen molar-refractivity contribution >= 4 is 17.2 Å². The predicted molar refractivity (Wildman–Crippen MR) is 117 cm³/mol. The first kappa shape index (κ1) is 21.9. The molecule has 0 spiro atoms. The van der Waals surface area contributed by atoms with Crippen LogP contribution in [0.4, 0.5) is 0 Å². The summed E-state index contributed by atoms with van der Waals surface area (Å²) in [6.45, 7) is 6.78. The third-order valence-electron chi connectivity index (χ3n) is 4.87. The SMILES string of the molecule is COCCOc1ccc(C(C)NC(=O)c2cc(C)n(-c3nccs3)c2C)cc1OC. The molecule has 1 unspecified atom stereocenters. The van der Waals surface area contributed by atoms with Gasteiger partial charge in [0.25, 0.3) is 5.91 Å². The van der Waals surface area contributed by atoms with E-state index in [9.17, 15) is 4.79 Å². The van der Waals surface area contributed by atoms with Gasteiger partial charge in [-0.2, -0.15) is 0 Å². The lowest BCUT2D eigenvalue weighted by molar-refractivity contribution is 0.0939. The molecular formula is C22H27N3O4S. The lowest BCUT2D eigenvalue weighted by Crippen LogP contribution is -2.27. The van der Waals surface area contributed by atoms with Gasteiger partial charge in [0.2, 0.25) is 0 Å². The molecule has 0 aliphatic carbocycles. The fraction of sp³-hybridized carbons (Fsp3) is 0.364. The van der Waals surface area contributed by atoms with Crippen molar-refractivity contribution < 1.29 is 19.0 Å². The van der Waals surface area contributed by atoms with E-state index in [1.54, 1.807) is 20.4 Å². The number of carbonyl (C=O) groups is 1. The summed E-state index contributed by atoms with van der Waals surface area (Å²) in [5, 5.41) is 5.85. The van der Waals surface area contributed by atoms with Crippen LogP contribution in [0.25, 0.3) is 5.13 Å². The molecule has 0 bridgehead atoms. The van der Waals surface area contributed by atoms with Crippen LogP contribution in [-0.4, -0.2) is 42.9 Å². The van der Waals surface area contributed by atoms with Gasteiger partial charge in [-0.1, -0.05) is 6.07 Å². The van der Waals surface area contributed by atoms with E-state index in [0.29, 0.717) is 30.3 Å². The maximum Gasteiger partial charge on any atom is 0.253 e. The maximum absolute atomic E-state index is 13.0. The Hall–Kier alpha value is -2.84. The minimum absolute atomic E-state index is 0.127. The zero-order valence-electron chi connectivity index (χ0n) is 17.9. The number of hydrogen-bond acceptors (Lipinski definition) is 6. The predicted octanol–water partition coefficient (Wildman–Crippen LogP) is 4.08. The van der Waals surface area contributed by atoms with Crippen LogP contribution in [0.2, 0.25) is 0 Å². The third kappa shape index (κ3) is 4.66. The Balaban J connectivity index is 1.75.